The molecular formula is C15H14N2O3S. The summed E-state index contributed by atoms with van der Waals surface area (Å²) in [4.78, 5) is 13.2. The van der Waals surface area contributed by atoms with Crippen LogP contribution in [0.15, 0.2) is 46.2 Å². The summed E-state index contributed by atoms with van der Waals surface area (Å²) in [7, 11) is 0. The van der Waals surface area contributed by atoms with Crippen molar-refractivity contribution >= 4 is 23.4 Å². The maximum atomic E-state index is 11.5. The van der Waals surface area contributed by atoms with E-state index in [4.69, 9.17) is 20.9 Å². The fourth-order valence-corrected chi connectivity index (χ4v) is 3.00. The van der Waals surface area contributed by atoms with Crippen LogP contribution < -0.4 is 20.9 Å². The average Bonchev–Trinajstić information content (AvgIpc) is 2.49. The van der Waals surface area contributed by atoms with Crippen molar-refractivity contribution < 1.29 is 14.3 Å². The molecule has 0 saturated carbocycles. The van der Waals surface area contributed by atoms with Gasteiger partial charge in [0.15, 0.2) is 11.5 Å². The van der Waals surface area contributed by atoms with Gasteiger partial charge in [0, 0.05) is 15.5 Å². The van der Waals surface area contributed by atoms with E-state index in [2.05, 4.69) is 0 Å². The zero-order chi connectivity index (χ0) is 14.8. The van der Waals surface area contributed by atoms with Gasteiger partial charge < -0.3 is 20.9 Å². The number of carbonyl (C=O) groups excluding carboxylic acids is 1. The third kappa shape index (κ3) is 2.90. The Morgan fingerprint density at radius 1 is 1.05 bits per heavy atom. The Bertz CT molecular complexity index is 703. The summed E-state index contributed by atoms with van der Waals surface area (Å²) in [6, 6.07) is 10.8. The van der Waals surface area contributed by atoms with E-state index >= 15 is 0 Å². The first-order valence-corrected chi connectivity index (χ1v) is 7.22. The molecule has 0 spiro atoms. The Morgan fingerprint density at radius 3 is 2.57 bits per heavy atom. The summed E-state index contributed by atoms with van der Waals surface area (Å²) in [5, 5.41) is 0. The van der Waals surface area contributed by atoms with Gasteiger partial charge in [-0.1, -0.05) is 11.8 Å². The molecule has 0 saturated heterocycles. The molecule has 0 atom stereocenters. The van der Waals surface area contributed by atoms with Gasteiger partial charge in [-0.15, -0.1) is 0 Å². The van der Waals surface area contributed by atoms with E-state index < -0.39 is 5.91 Å². The largest absolute Gasteiger partial charge is 0.486 e. The number of fused-ring (bicyclic) bond motifs is 1. The highest BCUT2D eigenvalue weighted by atomic mass is 32.2. The van der Waals surface area contributed by atoms with Crippen LogP contribution in [0, 0.1) is 0 Å². The fraction of sp³-hybridized carbons (Fsp3) is 0.133. The highest BCUT2D eigenvalue weighted by Gasteiger charge is 2.14. The molecule has 4 N–H and O–H groups in total. The molecule has 2 aromatic rings. The van der Waals surface area contributed by atoms with Gasteiger partial charge in [-0.05, 0) is 36.4 Å². The maximum absolute atomic E-state index is 11.5. The molecule has 108 valence electrons. The molecule has 0 unspecified atom stereocenters. The molecule has 0 aliphatic carbocycles. The summed E-state index contributed by atoms with van der Waals surface area (Å²) >= 11 is 1.43. The first-order valence-electron chi connectivity index (χ1n) is 6.40. The highest BCUT2D eigenvalue weighted by Crippen LogP contribution is 2.38. The monoisotopic (exact) mass is 302 g/mol. The number of benzene rings is 2. The van der Waals surface area contributed by atoms with Crippen LogP contribution in [0.1, 0.15) is 10.4 Å². The lowest BCUT2D eigenvalue weighted by Gasteiger charge is -2.18. The van der Waals surface area contributed by atoms with Crippen LogP contribution in [0.5, 0.6) is 11.5 Å². The van der Waals surface area contributed by atoms with E-state index in [0.717, 1.165) is 15.5 Å². The first-order chi connectivity index (χ1) is 10.1. The Hall–Kier alpha value is -2.34. The Kier molecular flexibility index (Phi) is 3.62. The van der Waals surface area contributed by atoms with Crippen LogP contribution in [-0.4, -0.2) is 19.1 Å². The molecule has 6 heteroatoms. The van der Waals surface area contributed by atoms with Gasteiger partial charge in [-0.3, -0.25) is 4.79 Å². The van der Waals surface area contributed by atoms with Gasteiger partial charge in [-0.2, -0.15) is 0 Å². The lowest BCUT2D eigenvalue weighted by molar-refractivity contribution is 0.0997. The van der Waals surface area contributed by atoms with Crippen LogP contribution in [0.25, 0.3) is 0 Å². The molecule has 0 aromatic heterocycles. The summed E-state index contributed by atoms with van der Waals surface area (Å²) in [5.74, 6) is 0.947. The molecule has 21 heavy (non-hydrogen) atoms. The third-order valence-electron chi connectivity index (χ3n) is 3.01. The van der Waals surface area contributed by atoms with Gasteiger partial charge >= 0.3 is 0 Å². The van der Waals surface area contributed by atoms with Crippen LogP contribution >= 0.6 is 11.8 Å². The molecular weight excluding hydrogens is 288 g/mol. The molecule has 1 aliphatic heterocycles. The highest BCUT2D eigenvalue weighted by molar-refractivity contribution is 7.99. The molecule has 3 rings (SSSR count). The number of nitrogens with two attached hydrogens (primary N) is 2. The quantitative estimate of drug-likeness (QED) is 0.849. The smallest absolute Gasteiger partial charge is 0.249 e. The standard InChI is InChI=1S/C15H14N2O3S/c16-9-1-4-14(11(7-9)15(17)18)21-10-2-3-12-13(8-10)20-6-5-19-12/h1-4,7-8H,5-6,16H2,(H2,17,18). The number of anilines is 1. The molecule has 5 nitrogen and oxygen atoms in total. The Morgan fingerprint density at radius 2 is 1.81 bits per heavy atom. The van der Waals surface area contributed by atoms with E-state index in [0.29, 0.717) is 30.2 Å². The number of rotatable bonds is 3. The van der Waals surface area contributed by atoms with Crippen LogP contribution in [0.4, 0.5) is 5.69 Å². The molecule has 2 aromatic carbocycles. The SMILES string of the molecule is NC(=O)c1cc(N)ccc1Sc1ccc2c(c1)OCCO2. The van der Waals surface area contributed by atoms with Crippen LogP contribution in [-0.2, 0) is 0 Å². The van der Waals surface area contributed by atoms with Gasteiger partial charge in [0.1, 0.15) is 13.2 Å². The zero-order valence-electron chi connectivity index (χ0n) is 11.2. The fourth-order valence-electron chi connectivity index (χ4n) is 2.04. The number of nitrogen functional groups attached to an aromatic ring is 1. The van der Waals surface area contributed by atoms with Crippen molar-refractivity contribution in [1.82, 2.24) is 0 Å². The van der Waals surface area contributed by atoms with Crippen molar-refractivity contribution in [2.24, 2.45) is 5.73 Å². The van der Waals surface area contributed by atoms with Crippen LogP contribution in [0.3, 0.4) is 0 Å². The van der Waals surface area contributed by atoms with Crippen LogP contribution in [0.2, 0.25) is 0 Å². The van der Waals surface area contributed by atoms with Crippen molar-refractivity contribution in [3.8, 4) is 11.5 Å². The van der Waals surface area contributed by atoms with E-state index in [1.54, 1.807) is 18.2 Å². The van der Waals surface area contributed by atoms with Gasteiger partial charge in [0.05, 0.1) is 5.56 Å². The predicted molar refractivity (Wildman–Crippen MR) is 80.9 cm³/mol. The zero-order valence-corrected chi connectivity index (χ0v) is 12.0. The van der Waals surface area contributed by atoms with Gasteiger partial charge in [0.2, 0.25) is 5.91 Å². The summed E-state index contributed by atoms with van der Waals surface area (Å²) in [6.07, 6.45) is 0. The number of amides is 1. The maximum Gasteiger partial charge on any atom is 0.249 e. The number of ether oxygens (including phenoxy) is 2. The summed E-state index contributed by atoms with van der Waals surface area (Å²) < 4.78 is 11.0. The minimum Gasteiger partial charge on any atom is -0.486 e. The minimum absolute atomic E-state index is 0.412. The Balaban J connectivity index is 1.92. The number of hydrogen-bond donors (Lipinski definition) is 2. The van der Waals surface area contributed by atoms with Gasteiger partial charge in [0.25, 0.3) is 0 Å². The van der Waals surface area contributed by atoms with Crippen molar-refractivity contribution in [3.63, 3.8) is 0 Å². The number of primary amides is 1. The van der Waals surface area contributed by atoms with Crippen molar-refractivity contribution in [3.05, 3.63) is 42.0 Å². The summed E-state index contributed by atoms with van der Waals surface area (Å²) in [5.41, 5.74) is 12.0. The van der Waals surface area contributed by atoms with Crippen molar-refractivity contribution in [1.29, 1.82) is 0 Å². The van der Waals surface area contributed by atoms with E-state index in [-0.39, 0.29) is 0 Å². The van der Waals surface area contributed by atoms with Gasteiger partial charge in [-0.25, -0.2) is 0 Å². The van der Waals surface area contributed by atoms with Crippen molar-refractivity contribution in [2.45, 2.75) is 9.79 Å². The molecule has 1 amide bonds. The van der Waals surface area contributed by atoms with E-state index in [9.17, 15) is 4.79 Å². The molecule has 0 bridgehead atoms. The lowest BCUT2D eigenvalue weighted by Crippen LogP contribution is -2.15. The minimum atomic E-state index is -0.498. The predicted octanol–water partition coefficient (Wildman–Crippen LogP) is 2.29. The topological polar surface area (TPSA) is 87.6 Å². The second kappa shape index (κ2) is 5.57. The second-order valence-corrected chi connectivity index (χ2v) is 5.64. The van der Waals surface area contributed by atoms with E-state index in [1.165, 1.54) is 11.8 Å². The lowest BCUT2D eigenvalue weighted by atomic mass is 10.2. The van der Waals surface area contributed by atoms with Crippen molar-refractivity contribution in [2.75, 3.05) is 18.9 Å². The summed E-state index contributed by atoms with van der Waals surface area (Å²) in [6.45, 7) is 1.10. The normalized spacial score (nSPS) is 13.0. The third-order valence-corrected chi connectivity index (χ3v) is 4.08. The Labute approximate surface area is 126 Å². The molecule has 0 fully saturated rings. The van der Waals surface area contributed by atoms with E-state index in [1.807, 2.05) is 18.2 Å². The average molecular weight is 302 g/mol. The number of hydrogen-bond acceptors (Lipinski definition) is 5. The number of carbonyl (C=O) groups is 1. The molecule has 0 radical (unpaired) electrons. The molecule has 1 heterocycles. The first kappa shape index (κ1) is 13.6. The second-order valence-electron chi connectivity index (χ2n) is 4.53. The molecule has 1 aliphatic rings.